The second-order valence-corrected chi connectivity index (χ2v) is 2.39. The minimum atomic E-state index is 0.283. The average molecular weight is 195 g/mol. The standard InChI is InChI=1S/C9H7ClN2O/c10-4-2-6-13-9-3-1-5-12-8(9)7-11/h1-5H,6H2/b4-2+. The number of ether oxygens (including phenoxy) is 1. The molecule has 1 rings (SSSR count). The van der Waals surface area contributed by atoms with E-state index in [1.54, 1.807) is 24.4 Å². The largest absolute Gasteiger partial charge is 0.486 e. The third-order valence-corrected chi connectivity index (χ3v) is 1.48. The van der Waals surface area contributed by atoms with Crippen LogP contribution in [0.4, 0.5) is 0 Å². The number of halogens is 1. The molecule has 0 aliphatic carbocycles. The van der Waals surface area contributed by atoms with E-state index in [1.165, 1.54) is 5.54 Å². The first kappa shape index (κ1) is 9.56. The lowest BCUT2D eigenvalue weighted by atomic mass is 10.3. The zero-order valence-electron chi connectivity index (χ0n) is 6.77. The first-order chi connectivity index (χ1) is 6.38. The van der Waals surface area contributed by atoms with Crippen LogP contribution >= 0.6 is 11.6 Å². The highest BCUT2D eigenvalue weighted by atomic mass is 35.5. The lowest BCUT2D eigenvalue weighted by molar-refractivity contribution is 0.360. The molecule has 4 heteroatoms. The van der Waals surface area contributed by atoms with E-state index in [4.69, 9.17) is 21.6 Å². The molecule has 0 aliphatic heterocycles. The van der Waals surface area contributed by atoms with Gasteiger partial charge in [0, 0.05) is 11.7 Å². The molecule has 0 unspecified atom stereocenters. The van der Waals surface area contributed by atoms with E-state index >= 15 is 0 Å². The van der Waals surface area contributed by atoms with Crippen molar-refractivity contribution in [3.05, 3.63) is 35.6 Å². The summed E-state index contributed by atoms with van der Waals surface area (Å²) in [5.74, 6) is 0.472. The molecule has 0 atom stereocenters. The van der Waals surface area contributed by atoms with Crippen LogP contribution < -0.4 is 4.74 Å². The molecule has 66 valence electrons. The zero-order chi connectivity index (χ0) is 9.52. The lowest BCUT2D eigenvalue weighted by Gasteiger charge is -2.02. The lowest BCUT2D eigenvalue weighted by Crippen LogP contribution is -1.96. The number of nitriles is 1. The summed E-state index contributed by atoms with van der Waals surface area (Å²) in [4.78, 5) is 3.83. The molecule has 1 heterocycles. The normalized spacial score (nSPS) is 9.85. The van der Waals surface area contributed by atoms with Crippen LogP contribution in [0.15, 0.2) is 29.9 Å². The summed E-state index contributed by atoms with van der Waals surface area (Å²) < 4.78 is 5.21. The van der Waals surface area contributed by atoms with E-state index in [-0.39, 0.29) is 5.69 Å². The number of pyridine rings is 1. The molecule has 0 saturated carbocycles. The van der Waals surface area contributed by atoms with Crippen LogP contribution in [0.5, 0.6) is 5.75 Å². The van der Waals surface area contributed by atoms with Crippen LogP contribution in [0.1, 0.15) is 5.69 Å². The summed E-state index contributed by atoms with van der Waals surface area (Å²) >= 11 is 5.30. The van der Waals surface area contributed by atoms with Gasteiger partial charge in [0.05, 0.1) is 0 Å². The van der Waals surface area contributed by atoms with E-state index < -0.39 is 0 Å². The molecular formula is C9H7ClN2O. The van der Waals surface area contributed by atoms with Crippen molar-refractivity contribution in [2.45, 2.75) is 0 Å². The third-order valence-electron chi connectivity index (χ3n) is 1.30. The summed E-state index contributed by atoms with van der Waals surface area (Å²) in [6.45, 7) is 0.337. The van der Waals surface area contributed by atoms with Crippen molar-refractivity contribution in [2.24, 2.45) is 0 Å². The maximum Gasteiger partial charge on any atom is 0.182 e. The molecule has 0 radical (unpaired) electrons. The number of rotatable bonds is 3. The van der Waals surface area contributed by atoms with Crippen molar-refractivity contribution in [3.63, 3.8) is 0 Å². The quantitative estimate of drug-likeness (QED) is 0.740. The highest BCUT2D eigenvalue weighted by Gasteiger charge is 2.00. The number of aromatic nitrogens is 1. The van der Waals surface area contributed by atoms with Crippen molar-refractivity contribution in [3.8, 4) is 11.8 Å². The monoisotopic (exact) mass is 194 g/mol. The molecule has 0 bridgehead atoms. The van der Waals surface area contributed by atoms with Gasteiger partial charge >= 0.3 is 0 Å². The van der Waals surface area contributed by atoms with Gasteiger partial charge in [-0.25, -0.2) is 4.98 Å². The van der Waals surface area contributed by atoms with E-state index in [0.717, 1.165) is 0 Å². The topological polar surface area (TPSA) is 45.9 Å². The Kier molecular flexibility index (Phi) is 3.80. The Labute approximate surface area is 81.2 Å². The first-order valence-corrected chi connectivity index (χ1v) is 4.05. The molecule has 1 aromatic rings. The van der Waals surface area contributed by atoms with Gasteiger partial charge in [-0.05, 0) is 18.2 Å². The van der Waals surface area contributed by atoms with Crippen LogP contribution in [0, 0.1) is 11.3 Å². The first-order valence-electron chi connectivity index (χ1n) is 3.61. The van der Waals surface area contributed by atoms with Crippen molar-refractivity contribution >= 4 is 11.6 Å². The maximum absolute atomic E-state index is 8.64. The second-order valence-electron chi connectivity index (χ2n) is 2.13. The summed E-state index contributed by atoms with van der Waals surface area (Å²) in [7, 11) is 0. The van der Waals surface area contributed by atoms with Gasteiger partial charge in [0.15, 0.2) is 11.4 Å². The van der Waals surface area contributed by atoms with Gasteiger partial charge in [-0.2, -0.15) is 5.26 Å². The predicted octanol–water partition coefficient (Wildman–Crippen LogP) is 2.08. The molecule has 0 saturated heterocycles. The molecule has 0 N–H and O–H groups in total. The molecule has 0 aromatic carbocycles. The predicted molar refractivity (Wildman–Crippen MR) is 49.4 cm³/mol. The molecule has 0 spiro atoms. The van der Waals surface area contributed by atoms with Crippen molar-refractivity contribution < 1.29 is 4.74 Å². The van der Waals surface area contributed by atoms with Gasteiger partial charge in [-0.15, -0.1) is 0 Å². The molecule has 0 aliphatic rings. The van der Waals surface area contributed by atoms with Gasteiger partial charge in [0.1, 0.15) is 12.7 Å². The highest BCUT2D eigenvalue weighted by Crippen LogP contribution is 2.13. The SMILES string of the molecule is N#Cc1ncccc1OC/C=C/Cl. The molecular weight excluding hydrogens is 188 g/mol. The van der Waals surface area contributed by atoms with Crippen LogP contribution in [-0.4, -0.2) is 11.6 Å². The highest BCUT2D eigenvalue weighted by molar-refractivity contribution is 6.25. The van der Waals surface area contributed by atoms with Crippen LogP contribution in [-0.2, 0) is 0 Å². The summed E-state index contributed by atoms with van der Waals surface area (Å²) in [5, 5.41) is 8.64. The van der Waals surface area contributed by atoms with E-state index in [9.17, 15) is 0 Å². The summed E-state index contributed by atoms with van der Waals surface area (Å²) in [6, 6.07) is 5.33. The smallest absolute Gasteiger partial charge is 0.182 e. The number of nitrogens with zero attached hydrogens (tertiary/aromatic N) is 2. The minimum absolute atomic E-state index is 0.283. The minimum Gasteiger partial charge on any atom is -0.486 e. The van der Waals surface area contributed by atoms with Gasteiger partial charge in [-0.3, -0.25) is 0 Å². The Morgan fingerprint density at radius 3 is 3.23 bits per heavy atom. The van der Waals surface area contributed by atoms with Gasteiger partial charge in [0.2, 0.25) is 0 Å². The van der Waals surface area contributed by atoms with Crippen molar-refractivity contribution in [1.82, 2.24) is 4.98 Å². The van der Waals surface area contributed by atoms with Gasteiger partial charge in [-0.1, -0.05) is 11.6 Å². The number of hydrogen-bond donors (Lipinski definition) is 0. The Morgan fingerprint density at radius 1 is 1.69 bits per heavy atom. The Hall–Kier alpha value is -1.53. The summed E-state index contributed by atoms with van der Waals surface area (Å²) in [6.07, 6.45) is 3.18. The van der Waals surface area contributed by atoms with Crippen LogP contribution in [0.3, 0.4) is 0 Å². The van der Waals surface area contributed by atoms with Crippen LogP contribution in [0.2, 0.25) is 0 Å². The maximum atomic E-state index is 8.64. The van der Waals surface area contributed by atoms with Crippen LogP contribution in [0.25, 0.3) is 0 Å². The van der Waals surface area contributed by atoms with Crippen molar-refractivity contribution in [2.75, 3.05) is 6.61 Å². The molecule has 3 nitrogen and oxygen atoms in total. The second kappa shape index (κ2) is 5.18. The fourth-order valence-corrected chi connectivity index (χ4v) is 0.838. The fourth-order valence-electron chi connectivity index (χ4n) is 0.765. The van der Waals surface area contributed by atoms with Gasteiger partial charge in [0.25, 0.3) is 0 Å². The molecule has 0 amide bonds. The van der Waals surface area contributed by atoms with E-state index in [2.05, 4.69) is 4.98 Å². The molecule has 0 fully saturated rings. The van der Waals surface area contributed by atoms with E-state index in [0.29, 0.717) is 12.4 Å². The van der Waals surface area contributed by atoms with Crippen molar-refractivity contribution in [1.29, 1.82) is 5.26 Å². The zero-order valence-corrected chi connectivity index (χ0v) is 7.53. The summed E-state index contributed by atoms with van der Waals surface area (Å²) in [5.41, 5.74) is 1.65. The Bertz CT molecular complexity index is 344. The fraction of sp³-hybridized carbons (Fsp3) is 0.111. The van der Waals surface area contributed by atoms with E-state index in [1.807, 2.05) is 6.07 Å². The van der Waals surface area contributed by atoms with Gasteiger partial charge < -0.3 is 4.74 Å². The molecule has 13 heavy (non-hydrogen) atoms. The average Bonchev–Trinajstić information content (AvgIpc) is 2.19. The Balaban J connectivity index is 2.71. The third kappa shape index (κ3) is 2.77. The number of hydrogen-bond acceptors (Lipinski definition) is 3. The molecule has 1 aromatic heterocycles. The Morgan fingerprint density at radius 2 is 2.54 bits per heavy atom.